The van der Waals surface area contributed by atoms with Crippen molar-refractivity contribution >= 4 is 17.6 Å². The molecule has 1 aromatic carbocycles. The van der Waals surface area contributed by atoms with Gasteiger partial charge in [-0.05, 0) is 31.0 Å². The van der Waals surface area contributed by atoms with Crippen molar-refractivity contribution in [1.82, 2.24) is 0 Å². The van der Waals surface area contributed by atoms with Crippen LogP contribution < -0.4 is 5.32 Å². The average molecular weight is 279 g/mol. The SMILES string of the molecule is CCCC(CCC)C(=O)Nc1ccc(O)cc1C(=O)O. The number of carbonyl (C=O) groups is 2. The van der Waals surface area contributed by atoms with Gasteiger partial charge in [0.15, 0.2) is 0 Å². The molecule has 0 aromatic heterocycles. The second kappa shape index (κ2) is 7.53. The Balaban J connectivity index is 2.91. The highest BCUT2D eigenvalue weighted by atomic mass is 16.4. The lowest BCUT2D eigenvalue weighted by molar-refractivity contribution is -0.120. The average Bonchev–Trinajstić information content (AvgIpc) is 2.40. The minimum absolute atomic E-state index is 0.106. The maximum atomic E-state index is 12.2. The molecule has 0 bridgehead atoms. The number of rotatable bonds is 7. The molecule has 110 valence electrons. The number of aromatic carboxylic acids is 1. The van der Waals surface area contributed by atoms with Crippen molar-refractivity contribution in [3.8, 4) is 5.75 Å². The zero-order chi connectivity index (χ0) is 15.1. The van der Waals surface area contributed by atoms with E-state index in [0.29, 0.717) is 0 Å². The third-order valence-electron chi connectivity index (χ3n) is 3.14. The van der Waals surface area contributed by atoms with Gasteiger partial charge in [-0.25, -0.2) is 4.79 Å². The third-order valence-corrected chi connectivity index (χ3v) is 3.14. The van der Waals surface area contributed by atoms with Crippen molar-refractivity contribution in [2.75, 3.05) is 5.32 Å². The van der Waals surface area contributed by atoms with Crippen LogP contribution in [0.3, 0.4) is 0 Å². The molecule has 3 N–H and O–H groups in total. The van der Waals surface area contributed by atoms with Gasteiger partial charge in [0, 0.05) is 5.92 Å². The van der Waals surface area contributed by atoms with E-state index in [4.69, 9.17) is 5.11 Å². The molecule has 0 aliphatic rings. The lowest BCUT2D eigenvalue weighted by Crippen LogP contribution is -2.23. The van der Waals surface area contributed by atoms with Crippen LogP contribution in [-0.4, -0.2) is 22.1 Å². The Kier molecular flexibility index (Phi) is 6.03. The molecule has 0 saturated carbocycles. The summed E-state index contributed by atoms with van der Waals surface area (Å²) in [4.78, 5) is 23.3. The number of nitrogens with one attached hydrogen (secondary N) is 1. The van der Waals surface area contributed by atoms with Crippen LogP contribution >= 0.6 is 0 Å². The Bertz CT molecular complexity index is 479. The third kappa shape index (κ3) is 4.26. The van der Waals surface area contributed by atoms with Gasteiger partial charge in [0.1, 0.15) is 5.75 Å². The molecular weight excluding hydrogens is 258 g/mol. The summed E-state index contributed by atoms with van der Waals surface area (Å²) in [6, 6.07) is 3.90. The van der Waals surface area contributed by atoms with Crippen molar-refractivity contribution < 1.29 is 19.8 Å². The van der Waals surface area contributed by atoms with Crippen LogP contribution in [0.25, 0.3) is 0 Å². The maximum Gasteiger partial charge on any atom is 0.337 e. The summed E-state index contributed by atoms with van der Waals surface area (Å²) in [6.45, 7) is 4.03. The first-order chi connectivity index (χ1) is 9.49. The minimum Gasteiger partial charge on any atom is -0.508 e. The molecule has 0 heterocycles. The zero-order valence-electron chi connectivity index (χ0n) is 11.8. The van der Waals surface area contributed by atoms with Crippen molar-refractivity contribution in [2.45, 2.75) is 39.5 Å². The molecule has 0 fully saturated rings. The minimum atomic E-state index is -1.18. The fourth-order valence-electron chi connectivity index (χ4n) is 2.16. The first-order valence-corrected chi connectivity index (χ1v) is 6.86. The van der Waals surface area contributed by atoms with E-state index in [-0.39, 0.29) is 28.8 Å². The summed E-state index contributed by atoms with van der Waals surface area (Å²) in [5, 5.41) is 21.1. The normalized spacial score (nSPS) is 10.6. The number of phenols is 1. The number of aromatic hydroxyl groups is 1. The van der Waals surface area contributed by atoms with Crippen molar-refractivity contribution in [1.29, 1.82) is 0 Å². The van der Waals surface area contributed by atoms with Crippen LogP contribution in [0.1, 0.15) is 49.9 Å². The lowest BCUT2D eigenvalue weighted by atomic mass is 9.97. The van der Waals surface area contributed by atoms with Crippen LogP contribution in [-0.2, 0) is 4.79 Å². The molecule has 0 atom stereocenters. The van der Waals surface area contributed by atoms with E-state index in [9.17, 15) is 14.7 Å². The van der Waals surface area contributed by atoms with Gasteiger partial charge in [0.25, 0.3) is 0 Å². The Morgan fingerprint density at radius 3 is 2.30 bits per heavy atom. The van der Waals surface area contributed by atoms with Gasteiger partial charge >= 0.3 is 5.97 Å². The molecule has 0 saturated heterocycles. The number of carboxylic acids is 1. The van der Waals surface area contributed by atoms with Crippen LogP contribution in [0.4, 0.5) is 5.69 Å². The van der Waals surface area contributed by atoms with Gasteiger partial charge in [-0.2, -0.15) is 0 Å². The molecule has 0 spiro atoms. The number of hydrogen-bond acceptors (Lipinski definition) is 3. The predicted molar refractivity (Wildman–Crippen MR) is 77.0 cm³/mol. The molecule has 1 aromatic rings. The molecule has 1 amide bonds. The Hall–Kier alpha value is -2.04. The number of phenolic OH excluding ortho intramolecular Hbond substituents is 1. The zero-order valence-corrected chi connectivity index (χ0v) is 11.8. The smallest absolute Gasteiger partial charge is 0.337 e. The maximum absolute atomic E-state index is 12.2. The molecule has 20 heavy (non-hydrogen) atoms. The number of carboxylic acid groups (broad SMARTS) is 1. The fraction of sp³-hybridized carbons (Fsp3) is 0.467. The van der Waals surface area contributed by atoms with E-state index in [2.05, 4.69) is 5.32 Å². The highest BCUT2D eigenvalue weighted by Crippen LogP contribution is 2.23. The summed E-state index contributed by atoms with van der Waals surface area (Å²) in [6.07, 6.45) is 3.36. The summed E-state index contributed by atoms with van der Waals surface area (Å²) in [5.74, 6) is -1.60. The van der Waals surface area contributed by atoms with E-state index in [1.54, 1.807) is 0 Å². The molecule has 0 aliphatic heterocycles. The van der Waals surface area contributed by atoms with Crippen LogP contribution in [0, 0.1) is 5.92 Å². The summed E-state index contributed by atoms with van der Waals surface area (Å²) in [7, 11) is 0. The Labute approximate surface area is 118 Å². The Morgan fingerprint density at radius 1 is 1.20 bits per heavy atom. The van der Waals surface area contributed by atoms with Crippen LogP contribution in [0.5, 0.6) is 5.75 Å². The molecule has 0 aliphatic carbocycles. The van der Waals surface area contributed by atoms with E-state index in [0.717, 1.165) is 31.7 Å². The van der Waals surface area contributed by atoms with Gasteiger partial charge in [0.2, 0.25) is 5.91 Å². The largest absolute Gasteiger partial charge is 0.508 e. The number of amides is 1. The van der Waals surface area contributed by atoms with Crippen molar-refractivity contribution in [3.05, 3.63) is 23.8 Å². The molecule has 5 nitrogen and oxygen atoms in total. The first-order valence-electron chi connectivity index (χ1n) is 6.86. The molecule has 0 radical (unpaired) electrons. The predicted octanol–water partition coefficient (Wildman–Crippen LogP) is 3.25. The van der Waals surface area contributed by atoms with Crippen molar-refractivity contribution in [2.24, 2.45) is 5.92 Å². The van der Waals surface area contributed by atoms with E-state index in [1.807, 2.05) is 13.8 Å². The van der Waals surface area contributed by atoms with Crippen LogP contribution in [0.2, 0.25) is 0 Å². The summed E-state index contributed by atoms with van der Waals surface area (Å²) in [5.41, 5.74) is 0.114. The monoisotopic (exact) mass is 279 g/mol. The fourth-order valence-corrected chi connectivity index (χ4v) is 2.16. The topological polar surface area (TPSA) is 86.6 Å². The van der Waals surface area contributed by atoms with Gasteiger partial charge in [-0.1, -0.05) is 26.7 Å². The number of carbonyl (C=O) groups excluding carboxylic acids is 1. The van der Waals surface area contributed by atoms with Crippen LogP contribution in [0.15, 0.2) is 18.2 Å². The van der Waals surface area contributed by atoms with Gasteiger partial charge in [0.05, 0.1) is 11.3 Å². The van der Waals surface area contributed by atoms with E-state index < -0.39 is 5.97 Å². The second-order valence-electron chi connectivity index (χ2n) is 4.80. The summed E-state index contributed by atoms with van der Waals surface area (Å²) < 4.78 is 0. The highest BCUT2D eigenvalue weighted by molar-refractivity contribution is 6.01. The molecule has 0 unspecified atom stereocenters. The highest BCUT2D eigenvalue weighted by Gasteiger charge is 2.19. The van der Waals surface area contributed by atoms with Crippen molar-refractivity contribution in [3.63, 3.8) is 0 Å². The number of anilines is 1. The molecule has 5 heteroatoms. The van der Waals surface area contributed by atoms with E-state index >= 15 is 0 Å². The number of benzene rings is 1. The molecular formula is C15H21NO4. The van der Waals surface area contributed by atoms with Gasteiger partial charge in [-0.3, -0.25) is 4.79 Å². The lowest BCUT2D eigenvalue weighted by Gasteiger charge is -2.16. The molecule has 1 rings (SSSR count). The van der Waals surface area contributed by atoms with Gasteiger partial charge in [-0.15, -0.1) is 0 Å². The summed E-state index contributed by atoms with van der Waals surface area (Å²) >= 11 is 0. The quantitative estimate of drug-likeness (QED) is 0.669. The number of hydrogen-bond donors (Lipinski definition) is 3. The standard InChI is InChI=1S/C15H21NO4/c1-3-5-10(6-4-2)14(18)16-13-8-7-11(17)9-12(13)15(19)20/h7-10,17H,3-6H2,1-2H3,(H,16,18)(H,19,20). The van der Waals surface area contributed by atoms with E-state index in [1.165, 1.54) is 12.1 Å². The van der Waals surface area contributed by atoms with Gasteiger partial charge < -0.3 is 15.5 Å². The Morgan fingerprint density at radius 2 is 1.80 bits per heavy atom. The second-order valence-corrected chi connectivity index (χ2v) is 4.80. The first kappa shape index (κ1) is 16.0.